The molecule has 2 atom stereocenters. The lowest BCUT2D eigenvalue weighted by molar-refractivity contribution is -0.128. The van der Waals surface area contributed by atoms with Gasteiger partial charge in [0.05, 0.1) is 19.8 Å². The van der Waals surface area contributed by atoms with Crippen molar-refractivity contribution in [1.82, 2.24) is 0 Å². The first-order valence-electron chi connectivity index (χ1n) is 9.10. The Morgan fingerprint density at radius 1 is 1.07 bits per heavy atom. The zero-order chi connectivity index (χ0) is 20.9. The third-order valence-electron chi connectivity index (χ3n) is 3.88. The van der Waals surface area contributed by atoms with E-state index in [-0.39, 0.29) is 11.8 Å². The Kier molecular flexibility index (Phi) is 10.8. The second-order valence-corrected chi connectivity index (χ2v) is 6.05. The van der Waals surface area contributed by atoms with E-state index in [4.69, 9.17) is 14.2 Å². The van der Waals surface area contributed by atoms with Crippen molar-refractivity contribution in [1.29, 1.82) is 0 Å². The summed E-state index contributed by atoms with van der Waals surface area (Å²) in [6.07, 6.45) is 1.97. The van der Waals surface area contributed by atoms with Crippen molar-refractivity contribution in [2.24, 2.45) is 0 Å². The number of hydrogen-bond donors (Lipinski definition) is 1. The highest BCUT2D eigenvalue weighted by Crippen LogP contribution is 2.20. The minimum atomic E-state index is -0.614. The van der Waals surface area contributed by atoms with E-state index in [1.807, 2.05) is 0 Å². The summed E-state index contributed by atoms with van der Waals surface area (Å²) >= 11 is 0. The van der Waals surface area contributed by atoms with Crippen molar-refractivity contribution in [3.05, 3.63) is 49.6 Å². The van der Waals surface area contributed by atoms with Crippen LogP contribution in [-0.4, -0.2) is 57.5 Å². The number of rotatable bonds is 13. The number of nitrogens with zero attached hydrogens (tertiary/aromatic N) is 1. The first kappa shape index (κ1) is 23.6. The molecule has 28 heavy (non-hydrogen) atoms. The summed E-state index contributed by atoms with van der Waals surface area (Å²) in [5.74, 6) is -0.435. The van der Waals surface area contributed by atoms with Crippen LogP contribution < -0.4 is 10.2 Å². The van der Waals surface area contributed by atoms with E-state index < -0.39 is 12.2 Å². The molecule has 2 amide bonds. The summed E-state index contributed by atoms with van der Waals surface area (Å²) in [6, 6.07) is 6.99. The summed E-state index contributed by atoms with van der Waals surface area (Å²) in [5.41, 5.74) is 1.29. The molecule has 7 heteroatoms. The number of anilines is 2. The molecule has 0 aliphatic rings. The minimum Gasteiger partial charge on any atom is -0.383 e. The zero-order valence-electron chi connectivity index (χ0n) is 16.8. The molecule has 0 aliphatic carbocycles. The standard InChI is InChI=1S/C21H30N2O5/c1-6-13-27-16(3)20(24)22-18-8-10-19(11-9-18)23(12-15-26-5)21(25)17(4)28-14-7-2/h6-11,16-17H,1-2,12-15H2,3-5H3,(H,22,24)/t16-,17-/m1/s1. The van der Waals surface area contributed by atoms with Crippen molar-refractivity contribution in [2.45, 2.75) is 26.1 Å². The Balaban J connectivity index is 2.84. The van der Waals surface area contributed by atoms with Crippen LogP contribution in [0.15, 0.2) is 49.6 Å². The molecule has 0 fully saturated rings. The smallest absolute Gasteiger partial charge is 0.255 e. The van der Waals surface area contributed by atoms with Crippen LogP contribution in [0.4, 0.5) is 11.4 Å². The number of nitrogens with one attached hydrogen (secondary N) is 1. The molecule has 0 radical (unpaired) electrons. The monoisotopic (exact) mass is 390 g/mol. The van der Waals surface area contributed by atoms with Gasteiger partial charge in [-0.05, 0) is 38.1 Å². The number of carbonyl (C=O) groups excluding carboxylic acids is 2. The molecule has 1 rings (SSSR count). The number of carbonyl (C=O) groups is 2. The van der Waals surface area contributed by atoms with Gasteiger partial charge in [0, 0.05) is 25.0 Å². The molecule has 0 heterocycles. The topological polar surface area (TPSA) is 77.1 Å². The summed E-state index contributed by atoms with van der Waals surface area (Å²) in [7, 11) is 1.58. The van der Waals surface area contributed by atoms with Crippen molar-refractivity contribution in [3.63, 3.8) is 0 Å². The summed E-state index contributed by atoms with van der Waals surface area (Å²) in [5, 5.41) is 2.78. The fraction of sp³-hybridized carbons (Fsp3) is 0.429. The highest BCUT2D eigenvalue weighted by atomic mass is 16.5. The fourth-order valence-corrected chi connectivity index (χ4v) is 2.31. The van der Waals surface area contributed by atoms with Crippen LogP contribution in [0.1, 0.15) is 13.8 Å². The molecular formula is C21H30N2O5. The van der Waals surface area contributed by atoms with E-state index in [0.717, 1.165) is 0 Å². The lowest BCUT2D eigenvalue weighted by Gasteiger charge is -2.26. The maximum Gasteiger partial charge on any atom is 0.255 e. The Morgan fingerprint density at radius 2 is 1.64 bits per heavy atom. The van der Waals surface area contributed by atoms with Crippen LogP contribution in [0.2, 0.25) is 0 Å². The lowest BCUT2D eigenvalue weighted by Crippen LogP contribution is -2.41. The Bertz CT molecular complexity index is 645. The van der Waals surface area contributed by atoms with Crippen molar-refractivity contribution in [2.75, 3.05) is 43.7 Å². The van der Waals surface area contributed by atoms with E-state index in [1.54, 1.807) is 62.3 Å². The molecule has 0 aromatic heterocycles. The fourth-order valence-electron chi connectivity index (χ4n) is 2.31. The van der Waals surface area contributed by atoms with Gasteiger partial charge in [-0.1, -0.05) is 12.2 Å². The van der Waals surface area contributed by atoms with Gasteiger partial charge in [0.2, 0.25) is 0 Å². The van der Waals surface area contributed by atoms with Crippen LogP contribution in [-0.2, 0) is 23.8 Å². The normalized spacial score (nSPS) is 12.7. The van der Waals surface area contributed by atoms with Crippen molar-refractivity contribution in [3.8, 4) is 0 Å². The SMILES string of the molecule is C=CCO[C@H](C)C(=O)Nc1ccc(N(CCOC)C(=O)[C@@H](C)OCC=C)cc1. The van der Waals surface area contributed by atoms with Crippen LogP contribution in [0, 0.1) is 0 Å². The molecular weight excluding hydrogens is 360 g/mol. The Hall–Kier alpha value is -2.48. The number of hydrogen-bond acceptors (Lipinski definition) is 5. The number of ether oxygens (including phenoxy) is 3. The molecule has 0 spiro atoms. The van der Waals surface area contributed by atoms with Gasteiger partial charge in [0.15, 0.2) is 0 Å². The quantitative estimate of drug-likeness (QED) is 0.524. The van der Waals surface area contributed by atoms with Crippen LogP contribution in [0.5, 0.6) is 0 Å². The van der Waals surface area contributed by atoms with Crippen LogP contribution in [0.3, 0.4) is 0 Å². The first-order valence-corrected chi connectivity index (χ1v) is 9.10. The molecule has 0 unspecified atom stereocenters. The molecule has 0 saturated heterocycles. The van der Waals surface area contributed by atoms with E-state index in [0.29, 0.717) is 37.7 Å². The first-order chi connectivity index (χ1) is 13.4. The van der Waals surface area contributed by atoms with Gasteiger partial charge in [-0.3, -0.25) is 9.59 Å². The van der Waals surface area contributed by atoms with Gasteiger partial charge in [0.25, 0.3) is 11.8 Å². The molecule has 1 N–H and O–H groups in total. The largest absolute Gasteiger partial charge is 0.383 e. The van der Waals surface area contributed by atoms with Gasteiger partial charge in [-0.25, -0.2) is 0 Å². The summed E-state index contributed by atoms with van der Waals surface area (Å²) < 4.78 is 15.9. The second kappa shape index (κ2) is 12.8. The molecule has 7 nitrogen and oxygen atoms in total. The predicted molar refractivity (Wildman–Crippen MR) is 111 cm³/mol. The molecule has 154 valence electrons. The van der Waals surface area contributed by atoms with E-state index >= 15 is 0 Å². The van der Waals surface area contributed by atoms with Gasteiger partial charge < -0.3 is 24.4 Å². The molecule has 0 aliphatic heterocycles. The average Bonchev–Trinajstić information content (AvgIpc) is 2.71. The maximum absolute atomic E-state index is 12.7. The van der Waals surface area contributed by atoms with E-state index in [2.05, 4.69) is 18.5 Å². The molecule has 1 aromatic carbocycles. The van der Waals surface area contributed by atoms with Gasteiger partial charge in [-0.15, -0.1) is 13.2 Å². The lowest BCUT2D eigenvalue weighted by atomic mass is 10.2. The summed E-state index contributed by atoms with van der Waals surface area (Å²) in [6.45, 7) is 11.9. The Morgan fingerprint density at radius 3 is 2.18 bits per heavy atom. The van der Waals surface area contributed by atoms with Crippen molar-refractivity contribution >= 4 is 23.2 Å². The minimum absolute atomic E-state index is 0.179. The second-order valence-electron chi connectivity index (χ2n) is 6.05. The van der Waals surface area contributed by atoms with Gasteiger partial charge in [-0.2, -0.15) is 0 Å². The van der Waals surface area contributed by atoms with Crippen LogP contribution in [0.25, 0.3) is 0 Å². The van der Waals surface area contributed by atoms with E-state index in [9.17, 15) is 9.59 Å². The number of amides is 2. The Labute approximate surface area is 166 Å². The predicted octanol–water partition coefficient (Wildman–Crippen LogP) is 2.79. The third-order valence-corrected chi connectivity index (χ3v) is 3.88. The van der Waals surface area contributed by atoms with E-state index in [1.165, 1.54) is 0 Å². The highest BCUT2D eigenvalue weighted by Gasteiger charge is 2.22. The van der Waals surface area contributed by atoms with Gasteiger partial charge >= 0.3 is 0 Å². The number of methoxy groups -OCH3 is 1. The molecule has 0 saturated carbocycles. The maximum atomic E-state index is 12.7. The van der Waals surface area contributed by atoms with Gasteiger partial charge in [0.1, 0.15) is 12.2 Å². The third kappa shape index (κ3) is 7.64. The highest BCUT2D eigenvalue weighted by molar-refractivity contribution is 5.97. The van der Waals surface area contributed by atoms with Crippen molar-refractivity contribution < 1.29 is 23.8 Å². The zero-order valence-corrected chi connectivity index (χ0v) is 16.8. The molecule has 0 bridgehead atoms. The average molecular weight is 390 g/mol. The molecule has 1 aromatic rings. The summed E-state index contributed by atoms with van der Waals surface area (Å²) in [4.78, 5) is 26.4. The number of benzene rings is 1. The van der Waals surface area contributed by atoms with Crippen LogP contribution >= 0.6 is 0 Å².